The number of carbonyl (C=O) groups is 1. The van der Waals surface area contributed by atoms with E-state index in [4.69, 9.17) is 4.74 Å². The highest BCUT2D eigenvalue weighted by Crippen LogP contribution is 2.24. The smallest absolute Gasteiger partial charge is 0.243 e. The Hall–Kier alpha value is -1.48. The molecular formula is C23H37N3O4S. The summed E-state index contributed by atoms with van der Waals surface area (Å²) in [6, 6.07) is 8.41. The van der Waals surface area contributed by atoms with Crippen molar-refractivity contribution in [1.82, 2.24) is 14.5 Å². The van der Waals surface area contributed by atoms with Gasteiger partial charge < -0.3 is 10.1 Å². The number of nitrogens with one attached hydrogen (secondary N) is 1. The Morgan fingerprint density at radius 3 is 2.23 bits per heavy atom. The molecule has 31 heavy (non-hydrogen) atoms. The van der Waals surface area contributed by atoms with Crippen LogP contribution in [0.3, 0.4) is 0 Å². The number of carbonyl (C=O) groups excluding carboxylic acids is 1. The fraction of sp³-hybridized carbons (Fsp3) is 0.696. The molecule has 2 heterocycles. The van der Waals surface area contributed by atoms with Gasteiger partial charge in [-0.3, -0.25) is 9.69 Å². The number of benzene rings is 1. The van der Waals surface area contributed by atoms with Crippen molar-refractivity contribution in [1.29, 1.82) is 0 Å². The lowest BCUT2D eigenvalue weighted by Gasteiger charge is -2.41. The summed E-state index contributed by atoms with van der Waals surface area (Å²) in [7, 11) is -3.44. The van der Waals surface area contributed by atoms with E-state index in [0.717, 1.165) is 25.9 Å². The minimum Gasteiger partial charge on any atom is -0.373 e. The van der Waals surface area contributed by atoms with Gasteiger partial charge in [0.1, 0.15) is 0 Å². The van der Waals surface area contributed by atoms with Crippen LogP contribution in [0.1, 0.15) is 40.5 Å². The van der Waals surface area contributed by atoms with E-state index in [1.54, 1.807) is 28.6 Å². The lowest BCUT2D eigenvalue weighted by atomic mass is 9.96. The first kappa shape index (κ1) is 24.2. The molecule has 174 valence electrons. The maximum absolute atomic E-state index is 13.0. The van der Waals surface area contributed by atoms with Crippen LogP contribution in [-0.4, -0.2) is 74.5 Å². The van der Waals surface area contributed by atoms with Gasteiger partial charge in [-0.25, -0.2) is 8.42 Å². The summed E-state index contributed by atoms with van der Waals surface area (Å²) in [5.74, 6) is 0.563. The second kappa shape index (κ2) is 10.4. The van der Waals surface area contributed by atoms with E-state index in [2.05, 4.69) is 37.9 Å². The highest BCUT2D eigenvalue weighted by Gasteiger charge is 2.35. The topological polar surface area (TPSA) is 79.0 Å². The van der Waals surface area contributed by atoms with E-state index in [1.807, 2.05) is 6.07 Å². The lowest BCUT2D eigenvalue weighted by molar-refractivity contribution is -0.135. The van der Waals surface area contributed by atoms with Gasteiger partial charge in [0.25, 0.3) is 0 Å². The molecule has 0 aromatic heterocycles. The lowest BCUT2D eigenvalue weighted by Crippen LogP contribution is -2.57. The second-order valence-electron chi connectivity index (χ2n) is 9.31. The number of piperidine rings is 1. The van der Waals surface area contributed by atoms with Gasteiger partial charge in [-0.15, -0.1) is 0 Å². The van der Waals surface area contributed by atoms with Gasteiger partial charge in [0.15, 0.2) is 0 Å². The molecule has 0 saturated carbocycles. The summed E-state index contributed by atoms with van der Waals surface area (Å²) in [6.07, 6.45) is 1.75. The predicted molar refractivity (Wildman–Crippen MR) is 121 cm³/mol. The van der Waals surface area contributed by atoms with Crippen LogP contribution in [0.5, 0.6) is 0 Å². The van der Waals surface area contributed by atoms with E-state index < -0.39 is 10.0 Å². The summed E-state index contributed by atoms with van der Waals surface area (Å²) in [5, 5.41) is 3.16. The van der Waals surface area contributed by atoms with E-state index in [0.29, 0.717) is 30.4 Å². The first-order valence-corrected chi connectivity index (χ1v) is 12.8. The number of rotatable bonds is 7. The Morgan fingerprint density at radius 1 is 1.10 bits per heavy atom. The molecule has 2 saturated heterocycles. The number of amides is 1. The van der Waals surface area contributed by atoms with Gasteiger partial charge in [-0.1, -0.05) is 32.0 Å². The molecule has 0 spiro atoms. The van der Waals surface area contributed by atoms with Crippen molar-refractivity contribution in [2.75, 3.05) is 32.7 Å². The van der Waals surface area contributed by atoms with E-state index in [1.165, 1.54) is 0 Å². The molecule has 1 aromatic rings. The highest BCUT2D eigenvalue weighted by atomic mass is 32.2. The van der Waals surface area contributed by atoms with Crippen molar-refractivity contribution >= 4 is 15.9 Å². The largest absolute Gasteiger partial charge is 0.373 e. The Labute approximate surface area is 187 Å². The number of morpholine rings is 1. The molecule has 7 nitrogen and oxygen atoms in total. The van der Waals surface area contributed by atoms with Crippen LogP contribution < -0.4 is 5.32 Å². The van der Waals surface area contributed by atoms with Crippen LogP contribution >= 0.6 is 0 Å². The van der Waals surface area contributed by atoms with Gasteiger partial charge in [0, 0.05) is 32.7 Å². The van der Waals surface area contributed by atoms with Crippen LogP contribution in [0, 0.1) is 11.8 Å². The number of ether oxygens (including phenoxy) is 1. The highest BCUT2D eigenvalue weighted by molar-refractivity contribution is 7.89. The van der Waals surface area contributed by atoms with Crippen molar-refractivity contribution < 1.29 is 17.9 Å². The predicted octanol–water partition coefficient (Wildman–Crippen LogP) is 2.34. The number of sulfonamides is 1. The molecule has 0 radical (unpaired) electrons. The summed E-state index contributed by atoms with van der Waals surface area (Å²) < 4.78 is 33.0. The Bertz CT molecular complexity index is 812. The number of nitrogens with zero attached hydrogens (tertiary/aromatic N) is 2. The van der Waals surface area contributed by atoms with Crippen molar-refractivity contribution in [3.05, 3.63) is 30.3 Å². The van der Waals surface area contributed by atoms with Crippen LogP contribution in [-0.2, 0) is 19.6 Å². The molecular weight excluding hydrogens is 414 g/mol. The quantitative estimate of drug-likeness (QED) is 0.688. The van der Waals surface area contributed by atoms with Gasteiger partial charge in [0.05, 0.1) is 23.1 Å². The van der Waals surface area contributed by atoms with Gasteiger partial charge in [-0.2, -0.15) is 4.31 Å². The third kappa shape index (κ3) is 6.06. The monoisotopic (exact) mass is 451 g/mol. The molecule has 3 unspecified atom stereocenters. The molecule has 1 amide bonds. The maximum atomic E-state index is 13.0. The SMILES string of the molecule is CC1CN(C(C(=O)NCC2CCN(S(=O)(=O)c3ccccc3)CC2)C(C)C)CC(C)O1. The minimum atomic E-state index is -3.44. The van der Waals surface area contributed by atoms with E-state index >= 15 is 0 Å². The molecule has 8 heteroatoms. The van der Waals surface area contributed by atoms with Crippen molar-refractivity contribution in [2.24, 2.45) is 11.8 Å². The normalized spacial score (nSPS) is 25.5. The third-order valence-corrected chi connectivity index (χ3v) is 8.17. The van der Waals surface area contributed by atoms with Crippen molar-refractivity contribution in [3.63, 3.8) is 0 Å². The van der Waals surface area contributed by atoms with Crippen LogP contribution in [0.25, 0.3) is 0 Å². The molecule has 3 rings (SSSR count). The molecule has 0 aliphatic carbocycles. The number of hydrogen-bond acceptors (Lipinski definition) is 5. The van der Waals surface area contributed by atoms with Gasteiger partial charge in [-0.05, 0) is 50.7 Å². The molecule has 3 atom stereocenters. The molecule has 1 N–H and O–H groups in total. The Morgan fingerprint density at radius 2 is 1.68 bits per heavy atom. The van der Waals surface area contributed by atoms with Gasteiger partial charge >= 0.3 is 0 Å². The average molecular weight is 452 g/mol. The number of hydrogen-bond donors (Lipinski definition) is 1. The van der Waals surface area contributed by atoms with Crippen LogP contribution in [0.15, 0.2) is 35.2 Å². The van der Waals surface area contributed by atoms with Gasteiger partial charge in [0.2, 0.25) is 15.9 Å². The first-order chi connectivity index (χ1) is 14.7. The molecule has 2 fully saturated rings. The summed E-state index contributed by atoms with van der Waals surface area (Å²) in [4.78, 5) is 15.6. The Balaban J connectivity index is 1.52. The summed E-state index contributed by atoms with van der Waals surface area (Å²) in [5.41, 5.74) is 0. The summed E-state index contributed by atoms with van der Waals surface area (Å²) >= 11 is 0. The van der Waals surface area contributed by atoms with E-state index in [9.17, 15) is 13.2 Å². The van der Waals surface area contributed by atoms with Crippen LogP contribution in [0.4, 0.5) is 0 Å². The fourth-order valence-corrected chi connectivity index (χ4v) is 6.27. The zero-order chi connectivity index (χ0) is 22.6. The van der Waals surface area contributed by atoms with E-state index in [-0.39, 0.29) is 30.1 Å². The fourth-order valence-electron chi connectivity index (χ4n) is 4.78. The summed E-state index contributed by atoms with van der Waals surface area (Å²) in [6.45, 7) is 11.4. The molecule has 0 bridgehead atoms. The van der Waals surface area contributed by atoms with Crippen LogP contribution in [0.2, 0.25) is 0 Å². The molecule has 2 aliphatic rings. The minimum absolute atomic E-state index is 0.0654. The second-order valence-corrected chi connectivity index (χ2v) is 11.2. The molecule has 1 aromatic carbocycles. The first-order valence-electron chi connectivity index (χ1n) is 11.4. The Kier molecular flexibility index (Phi) is 8.13. The zero-order valence-corrected chi connectivity index (χ0v) is 20.0. The average Bonchev–Trinajstić information content (AvgIpc) is 2.72. The molecule has 2 aliphatic heterocycles. The van der Waals surface area contributed by atoms with Crippen molar-refractivity contribution in [3.8, 4) is 0 Å². The third-order valence-electron chi connectivity index (χ3n) is 6.26. The van der Waals surface area contributed by atoms with Crippen molar-refractivity contribution in [2.45, 2.75) is 63.7 Å². The maximum Gasteiger partial charge on any atom is 0.243 e. The standard InChI is InChI=1S/C23H37N3O4S/c1-17(2)22(25-15-18(3)30-19(4)16-25)23(27)24-14-20-10-12-26(13-11-20)31(28,29)21-8-6-5-7-9-21/h5-9,17-20,22H,10-16H2,1-4H3,(H,24,27). The zero-order valence-electron chi connectivity index (χ0n) is 19.2.